The van der Waals surface area contributed by atoms with Gasteiger partial charge in [-0.05, 0) is 12.8 Å². The molecule has 0 saturated carbocycles. The molecular weight excluding hydrogens is 334 g/mol. The van der Waals surface area contributed by atoms with Gasteiger partial charge in [0, 0.05) is 12.8 Å². The van der Waals surface area contributed by atoms with Crippen LogP contribution in [0.3, 0.4) is 0 Å². The number of carboxylic acids is 2. The monoisotopic (exact) mass is 351 g/mol. The largest absolute Gasteiger partial charge is 0.481 e. The lowest BCUT2D eigenvalue weighted by atomic mass is 10.1. The van der Waals surface area contributed by atoms with Crippen molar-refractivity contribution in [1.29, 1.82) is 0 Å². The lowest BCUT2D eigenvalue weighted by Gasteiger charge is -2.23. The second kappa shape index (κ2) is 9.06. The van der Waals surface area contributed by atoms with Gasteiger partial charge in [-0.2, -0.15) is 0 Å². The van der Waals surface area contributed by atoms with Crippen LogP contribution in [-0.2, 0) is 24.0 Å². The van der Waals surface area contributed by atoms with Gasteiger partial charge >= 0.3 is 11.9 Å². The zero-order valence-corrected chi connectivity index (χ0v) is 12.9. The van der Waals surface area contributed by atoms with Crippen molar-refractivity contribution in [3.63, 3.8) is 0 Å². The molecule has 10 nitrogen and oxygen atoms in total. The number of nitrogens with zero attached hydrogens (tertiary/aromatic N) is 1. The van der Waals surface area contributed by atoms with E-state index in [1.165, 1.54) is 0 Å². The van der Waals surface area contributed by atoms with Crippen molar-refractivity contribution in [2.45, 2.75) is 37.8 Å². The van der Waals surface area contributed by atoms with E-state index in [2.05, 4.69) is 5.32 Å². The first-order valence-electron chi connectivity index (χ1n) is 6.57. The molecule has 2 atom stereocenters. The van der Waals surface area contributed by atoms with E-state index in [1.54, 1.807) is 0 Å². The molecular formula is C12H18ClN3O7. The maximum absolute atomic E-state index is 12.1. The average molecular weight is 352 g/mol. The van der Waals surface area contributed by atoms with E-state index in [4.69, 9.17) is 15.9 Å². The Morgan fingerprint density at radius 3 is 2.39 bits per heavy atom. The topological polar surface area (TPSA) is 167 Å². The molecule has 1 heterocycles. The van der Waals surface area contributed by atoms with Crippen LogP contribution in [0.4, 0.5) is 0 Å². The molecule has 0 spiro atoms. The van der Waals surface area contributed by atoms with Gasteiger partial charge in [-0.15, -0.1) is 12.4 Å². The highest BCUT2D eigenvalue weighted by Gasteiger charge is 2.40. The fourth-order valence-corrected chi connectivity index (χ4v) is 2.14. The summed E-state index contributed by atoms with van der Waals surface area (Å²) in [4.78, 5) is 57.5. The van der Waals surface area contributed by atoms with Gasteiger partial charge in [0.1, 0.15) is 12.1 Å². The Hall–Kier alpha value is -2.20. The molecule has 1 aliphatic rings. The van der Waals surface area contributed by atoms with Crippen molar-refractivity contribution >= 4 is 42.1 Å². The minimum atomic E-state index is -1.41. The van der Waals surface area contributed by atoms with E-state index in [0.717, 1.165) is 4.90 Å². The Bertz CT molecular complexity index is 511. The first-order valence-corrected chi connectivity index (χ1v) is 6.57. The number of hydrogen-bond acceptors (Lipinski definition) is 6. The summed E-state index contributed by atoms with van der Waals surface area (Å²) in [5.41, 5.74) is 5.17. The van der Waals surface area contributed by atoms with Crippen molar-refractivity contribution in [2.24, 2.45) is 5.73 Å². The van der Waals surface area contributed by atoms with Gasteiger partial charge in [-0.1, -0.05) is 0 Å². The van der Waals surface area contributed by atoms with Crippen molar-refractivity contribution in [2.75, 3.05) is 6.54 Å². The Kier molecular flexibility index (Phi) is 8.19. The molecule has 1 aliphatic heterocycles. The number of likely N-dealkylation sites (tertiary alicyclic amines) is 1. The van der Waals surface area contributed by atoms with Gasteiger partial charge in [-0.25, -0.2) is 4.79 Å². The average Bonchev–Trinajstić information content (AvgIpc) is 2.83. The van der Waals surface area contributed by atoms with Crippen LogP contribution in [0.25, 0.3) is 0 Å². The highest BCUT2D eigenvalue weighted by Crippen LogP contribution is 2.19. The maximum Gasteiger partial charge on any atom is 0.326 e. The summed E-state index contributed by atoms with van der Waals surface area (Å²) < 4.78 is 0. The van der Waals surface area contributed by atoms with Gasteiger partial charge in [0.05, 0.1) is 6.54 Å². The Balaban J connectivity index is 0.00000484. The second-order valence-electron chi connectivity index (χ2n) is 4.75. The molecule has 3 amide bonds. The molecule has 0 aromatic heterocycles. The van der Waals surface area contributed by atoms with Crippen LogP contribution in [0, 0.1) is 0 Å². The number of aliphatic carboxylic acids is 2. The van der Waals surface area contributed by atoms with Crippen molar-refractivity contribution in [3.05, 3.63) is 0 Å². The van der Waals surface area contributed by atoms with Gasteiger partial charge in [0.15, 0.2) is 0 Å². The predicted molar refractivity (Wildman–Crippen MR) is 77.6 cm³/mol. The molecule has 0 aromatic carbocycles. The van der Waals surface area contributed by atoms with Crippen LogP contribution in [0.5, 0.6) is 0 Å². The minimum absolute atomic E-state index is 0. The summed E-state index contributed by atoms with van der Waals surface area (Å²) in [7, 11) is 0. The van der Waals surface area contributed by atoms with E-state index >= 15 is 0 Å². The number of nitrogens with two attached hydrogens (primary N) is 1. The summed E-state index contributed by atoms with van der Waals surface area (Å²) in [6.45, 7) is -0.448. The van der Waals surface area contributed by atoms with Crippen LogP contribution >= 0.6 is 12.4 Å². The normalized spacial score (nSPS) is 18.0. The Morgan fingerprint density at radius 1 is 1.30 bits per heavy atom. The van der Waals surface area contributed by atoms with Crippen molar-refractivity contribution < 1.29 is 34.2 Å². The lowest BCUT2D eigenvalue weighted by Crippen LogP contribution is -2.52. The molecule has 0 unspecified atom stereocenters. The smallest absolute Gasteiger partial charge is 0.326 e. The summed E-state index contributed by atoms with van der Waals surface area (Å²) in [6, 6.07) is -2.52. The molecule has 0 bridgehead atoms. The fraction of sp³-hybridized carbons (Fsp3) is 0.583. The number of carbonyl (C=O) groups excluding carboxylic acids is 3. The molecule has 5 N–H and O–H groups in total. The molecule has 1 rings (SSSR count). The third kappa shape index (κ3) is 5.49. The van der Waals surface area contributed by atoms with Gasteiger partial charge in [0.2, 0.25) is 17.7 Å². The Morgan fingerprint density at radius 2 is 1.91 bits per heavy atom. The third-order valence-corrected chi connectivity index (χ3v) is 3.22. The van der Waals surface area contributed by atoms with E-state index in [-0.39, 0.29) is 31.7 Å². The second-order valence-corrected chi connectivity index (χ2v) is 4.75. The number of nitrogens with one attached hydrogen (secondary N) is 1. The highest BCUT2D eigenvalue weighted by molar-refractivity contribution is 6.03. The van der Waals surface area contributed by atoms with Crippen LogP contribution in [0.15, 0.2) is 0 Å². The first kappa shape index (κ1) is 20.8. The summed E-state index contributed by atoms with van der Waals surface area (Å²) in [6.07, 6.45) is -0.688. The zero-order valence-electron chi connectivity index (χ0n) is 12.1. The first-order chi connectivity index (χ1) is 10.3. The molecule has 1 fully saturated rings. The molecule has 0 aromatic rings. The lowest BCUT2D eigenvalue weighted by molar-refractivity contribution is -0.148. The predicted octanol–water partition coefficient (Wildman–Crippen LogP) is -1.68. The number of imide groups is 1. The number of halogens is 1. The van der Waals surface area contributed by atoms with Crippen LogP contribution in [-0.4, -0.2) is 63.4 Å². The van der Waals surface area contributed by atoms with Gasteiger partial charge in [0.25, 0.3) is 0 Å². The Labute approximate surface area is 137 Å². The van der Waals surface area contributed by atoms with Crippen molar-refractivity contribution in [1.82, 2.24) is 10.2 Å². The van der Waals surface area contributed by atoms with Crippen LogP contribution in [0.1, 0.15) is 25.7 Å². The number of hydrogen-bond donors (Lipinski definition) is 4. The number of rotatable bonds is 7. The summed E-state index contributed by atoms with van der Waals surface area (Å²) in [5, 5.41) is 19.7. The highest BCUT2D eigenvalue weighted by atomic mass is 35.5. The van der Waals surface area contributed by atoms with Crippen LogP contribution in [0.2, 0.25) is 0 Å². The van der Waals surface area contributed by atoms with E-state index in [1.807, 2.05) is 0 Å². The van der Waals surface area contributed by atoms with Crippen LogP contribution < -0.4 is 11.1 Å². The quantitative estimate of drug-likeness (QED) is 0.421. The minimum Gasteiger partial charge on any atom is -0.481 e. The fourth-order valence-electron chi connectivity index (χ4n) is 2.14. The summed E-state index contributed by atoms with van der Waals surface area (Å²) >= 11 is 0. The number of carbonyl (C=O) groups is 5. The van der Waals surface area contributed by atoms with E-state index in [0.29, 0.717) is 0 Å². The standard InChI is InChI=1S/C12H17N3O7.ClH/c13-5-9(17)15-7(2-3-8(15)16)11(20)14-6(12(21)22)1-4-10(18)19;/h6-7H,1-5,13H2,(H,14,20)(H,18,19)(H,21,22);1H/t6-,7-;/m0./s1. The molecule has 130 valence electrons. The SMILES string of the molecule is Cl.NCC(=O)N1C(=O)CC[C@H]1C(=O)N[C@@H](CCC(=O)O)C(=O)O. The van der Waals surface area contributed by atoms with E-state index in [9.17, 15) is 24.0 Å². The van der Waals surface area contributed by atoms with Crippen molar-refractivity contribution in [3.8, 4) is 0 Å². The maximum atomic E-state index is 12.1. The van der Waals surface area contributed by atoms with Gasteiger partial charge in [-0.3, -0.25) is 24.1 Å². The third-order valence-electron chi connectivity index (χ3n) is 3.22. The molecule has 11 heteroatoms. The number of amides is 3. The molecule has 0 aliphatic carbocycles. The van der Waals surface area contributed by atoms with E-state index < -0.39 is 54.7 Å². The number of carboxylic acid groups (broad SMARTS) is 2. The zero-order chi connectivity index (χ0) is 16.9. The molecule has 0 radical (unpaired) electrons. The summed E-state index contributed by atoms with van der Waals surface area (Å²) in [5.74, 6) is -4.68. The molecule has 23 heavy (non-hydrogen) atoms. The van der Waals surface area contributed by atoms with Gasteiger partial charge < -0.3 is 21.3 Å². The molecule has 1 saturated heterocycles.